The molecule has 0 radical (unpaired) electrons. The standard InChI is InChI=1S/C15H17.Na/c1-10(2)13-7-5-11(3)14-8-6-12(4)15(14)9-13;/h5-10H,3H2,1-2,4H3;/q-1;+1. The maximum atomic E-state index is 4.10. The summed E-state index contributed by atoms with van der Waals surface area (Å²) >= 11 is 0. The Balaban J connectivity index is 0.00000128. The average Bonchev–Trinajstić information content (AvgIpc) is 2.43. The fraction of sp³-hybridized carbons (Fsp3) is 0.267. The van der Waals surface area contributed by atoms with Gasteiger partial charge in [0.05, 0.1) is 0 Å². The molecule has 2 aliphatic carbocycles. The summed E-state index contributed by atoms with van der Waals surface area (Å²) in [5.74, 6) is 0.564. The average molecular weight is 220 g/mol. The molecule has 0 heterocycles. The molecule has 2 rings (SSSR count). The zero-order chi connectivity index (χ0) is 11.0. The van der Waals surface area contributed by atoms with Gasteiger partial charge in [0.2, 0.25) is 0 Å². The van der Waals surface area contributed by atoms with Crippen LogP contribution >= 0.6 is 0 Å². The van der Waals surface area contributed by atoms with Crippen LogP contribution in [0.4, 0.5) is 0 Å². The summed E-state index contributed by atoms with van der Waals surface area (Å²) in [6.45, 7) is 10.7. The molecule has 0 saturated heterocycles. The summed E-state index contributed by atoms with van der Waals surface area (Å²) in [5, 5.41) is 0. The molecule has 0 aliphatic heterocycles. The first-order valence-corrected chi connectivity index (χ1v) is 5.45. The molecule has 0 fully saturated rings. The van der Waals surface area contributed by atoms with Crippen molar-refractivity contribution in [3.8, 4) is 11.1 Å². The van der Waals surface area contributed by atoms with Gasteiger partial charge in [-0.3, -0.25) is 0 Å². The Kier molecular flexibility index (Phi) is 4.49. The third kappa shape index (κ3) is 2.45. The van der Waals surface area contributed by atoms with Crippen LogP contribution in [0.5, 0.6) is 0 Å². The van der Waals surface area contributed by atoms with Crippen molar-refractivity contribution in [3.05, 3.63) is 53.9 Å². The van der Waals surface area contributed by atoms with Crippen molar-refractivity contribution in [2.24, 2.45) is 0 Å². The SMILES string of the molecule is [CH2-]c1ccc(C(C)C)cc2c(C)ccc1-2.[Na+]. The Labute approximate surface area is 121 Å². The van der Waals surface area contributed by atoms with Crippen molar-refractivity contribution in [2.45, 2.75) is 26.7 Å². The van der Waals surface area contributed by atoms with Gasteiger partial charge in [0, 0.05) is 0 Å². The topological polar surface area (TPSA) is 0 Å². The van der Waals surface area contributed by atoms with E-state index in [0.29, 0.717) is 5.92 Å². The van der Waals surface area contributed by atoms with E-state index in [1.807, 2.05) is 0 Å². The van der Waals surface area contributed by atoms with E-state index in [2.05, 4.69) is 58.0 Å². The van der Waals surface area contributed by atoms with Gasteiger partial charge in [0.1, 0.15) is 0 Å². The second-order valence-electron chi connectivity index (χ2n) is 4.50. The van der Waals surface area contributed by atoms with Crippen LogP contribution in [-0.2, 0) is 0 Å². The number of aryl methyl sites for hydroxylation is 1. The van der Waals surface area contributed by atoms with E-state index in [0.717, 1.165) is 5.56 Å². The second kappa shape index (κ2) is 5.27. The fourth-order valence-electron chi connectivity index (χ4n) is 1.93. The van der Waals surface area contributed by atoms with E-state index >= 15 is 0 Å². The minimum Gasteiger partial charge on any atom is -0.198 e. The smallest absolute Gasteiger partial charge is 0.198 e. The first-order chi connectivity index (χ1) is 7.09. The predicted molar refractivity (Wildman–Crippen MR) is 66.3 cm³/mol. The van der Waals surface area contributed by atoms with Crippen LogP contribution in [0.25, 0.3) is 11.1 Å². The van der Waals surface area contributed by atoms with Crippen molar-refractivity contribution < 1.29 is 29.6 Å². The van der Waals surface area contributed by atoms with Crippen molar-refractivity contribution >= 4 is 0 Å². The molecule has 0 unspecified atom stereocenters. The van der Waals surface area contributed by atoms with Gasteiger partial charge in [-0.2, -0.15) is 18.6 Å². The molecule has 0 amide bonds. The van der Waals surface area contributed by atoms with Gasteiger partial charge in [0.25, 0.3) is 0 Å². The van der Waals surface area contributed by atoms with Crippen LogP contribution in [0.2, 0.25) is 0 Å². The maximum Gasteiger partial charge on any atom is 1.00 e. The van der Waals surface area contributed by atoms with E-state index in [1.165, 1.54) is 22.3 Å². The summed E-state index contributed by atoms with van der Waals surface area (Å²) in [7, 11) is 0. The minimum absolute atomic E-state index is 0. The van der Waals surface area contributed by atoms with Crippen LogP contribution in [0.15, 0.2) is 30.3 Å². The van der Waals surface area contributed by atoms with Gasteiger partial charge in [0.15, 0.2) is 0 Å². The van der Waals surface area contributed by atoms with Crippen LogP contribution < -0.4 is 29.6 Å². The number of hydrogen-bond donors (Lipinski definition) is 0. The van der Waals surface area contributed by atoms with Crippen molar-refractivity contribution in [1.82, 2.24) is 0 Å². The van der Waals surface area contributed by atoms with E-state index in [1.54, 1.807) is 0 Å². The molecular formula is C15H17Na. The molecule has 0 aromatic heterocycles. The fourth-order valence-corrected chi connectivity index (χ4v) is 1.93. The zero-order valence-corrected chi connectivity index (χ0v) is 12.7. The summed E-state index contributed by atoms with van der Waals surface area (Å²) in [6.07, 6.45) is 0. The van der Waals surface area contributed by atoms with Gasteiger partial charge >= 0.3 is 29.6 Å². The largest absolute Gasteiger partial charge is 1.00 e. The number of fused-ring (bicyclic) bond motifs is 1. The van der Waals surface area contributed by atoms with Gasteiger partial charge in [-0.05, 0) is 12.8 Å². The summed E-state index contributed by atoms with van der Waals surface area (Å²) in [4.78, 5) is 0. The molecule has 0 bridgehead atoms. The molecule has 1 heteroatoms. The van der Waals surface area contributed by atoms with Gasteiger partial charge in [-0.1, -0.05) is 42.7 Å². The molecule has 0 saturated carbocycles. The molecule has 78 valence electrons. The molecular weight excluding hydrogens is 203 g/mol. The Morgan fingerprint density at radius 2 is 1.69 bits per heavy atom. The number of hydrogen-bond acceptors (Lipinski definition) is 0. The van der Waals surface area contributed by atoms with E-state index < -0.39 is 0 Å². The molecule has 2 aliphatic rings. The van der Waals surface area contributed by atoms with Crippen molar-refractivity contribution in [1.29, 1.82) is 0 Å². The molecule has 0 aromatic carbocycles. The quantitative estimate of drug-likeness (QED) is 0.503. The Morgan fingerprint density at radius 3 is 2.31 bits per heavy atom. The van der Waals surface area contributed by atoms with Crippen molar-refractivity contribution in [3.63, 3.8) is 0 Å². The molecule has 0 N–H and O–H groups in total. The zero-order valence-electron chi connectivity index (χ0n) is 10.7. The summed E-state index contributed by atoms with van der Waals surface area (Å²) < 4.78 is 0. The monoisotopic (exact) mass is 220 g/mol. The molecule has 0 atom stereocenters. The van der Waals surface area contributed by atoms with Crippen LogP contribution in [-0.4, -0.2) is 0 Å². The Bertz CT molecular complexity index is 457. The maximum absolute atomic E-state index is 4.10. The predicted octanol–water partition coefficient (Wildman–Crippen LogP) is 1.41. The van der Waals surface area contributed by atoms with E-state index in [4.69, 9.17) is 0 Å². The molecule has 16 heavy (non-hydrogen) atoms. The first kappa shape index (κ1) is 13.6. The van der Waals surface area contributed by atoms with Crippen LogP contribution in [0.1, 0.15) is 36.5 Å². The van der Waals surface area contributed by atoms with Gasteiger partial charge in [-0.15, -0.1) is 17.7 Å². The van der Waals surface area contributed by atoms with Gasteiger partial charge in [-0.25, -0.2) is 0 Å². The third-order valence-corrected chi connectivity index (χ3v) is 3.02. The van der Waals surface area contributed by atoms with Crippen molar-refractivity contribution in [2.75, 3.05) is 0 Å². The second-order valence-corrected chi connectivity index (χ2v) is 4.50. The van der Waals surface area contributed by atoms with Gasteiger partial charge < -0.3 is 0 Å². The minimum atomic E-state index is 0. The number of rotatable bonds is 1. The Morgan fingerprint density at radius 1 is 1.00 bits per heavy atom. The first-order valence-electron chi connectivity index (χ1n) is 5.45. The summed E-state index contributed by atoms with van der Waals surface area (Å²) in [5.41, 5.74) is 6.45. The van der Waals surface area contributed by atoms with Crippen LogP contribution in [0, 0.1) is 13.8 Å². The van der Waals surface area contributed by atoms with E-state index in [-0.39, 0.29) is 29.6 Å². The third-order valence-electron chi connectivity index (χ3n) is 3.02. The molecule has 0 spiro atoms. The van der Waals surface area contributed by atoms with Crippen LogP contribution in [0.3, 0.4) is 0 Å². The van der Waals surface area contributed by atoms with E-state index in [9.17, 15) is 0 Å². The molecule has 0 nitrogen and oxygen atoms in total. The Hall–Kier alpha value is -0.430. The molecule has 0 aromatic rings. The normalized spacial score (nSPS) is 10.5. The summed E-state index contributed by atoms with van der Waals surface area (Å²) in [6, 6.07) is 10.9.